The fourth-order valence-corrected chi connectivity index (χ4v) is 4.17. The minimum Gasteiger partial charge on any atom is -0.496 e. The summed E-state index contributed by atoms with van der Waals surface area (Å²) in [6.45, 7) is 5.05. The van der Waals surface area contributed by atoms with Gasteiger partial charge >= 0.3 is 0 Å². The Balaban J connectivity index is 0.00000272. The number of methoxy groups -OCH3 is 1. The number of hydrogen-bond donors (Lipinski definition) is 2. The number of aromatic nitrogens is 1. The van der Waals surface area contributed by atoms with Gasteiger partial charge in [0.25, 0.3) is 0 Å². The third kappa shape index (κ3) is 5.39. The molecule has 2 heterocycles. The summed E-state index contributed by atoms with van der Waals surface area (Å²) in [6.07, 6.45) is 4.79. The third-order valence-electron chi connectivity index (χ3n) is 5.98. The Bertz CT molecular complexity index is 905. The highest BCUT2D eigenvalue weighted by atomic mass is 127. The van der Waals surface area contributed by atoms with Crippen LogP contribution in [-0.4, -0.2) is 50.3 Å². The second-order valence-electron chi connectivity index (χ2n) is 8.06. The van der Waals surface area contributed by atoms with E-state index in [-0.39, 0.29) is 41.3 Å². The van der Waals surface area contributed by atoms with Crippen molar-refractivity contribution in [3.8, 4) is 5.75 Å². The molecule has 0 bridgehead atoms. The van der Waals surface area contributed by atoms with Gasteiger partial charge in [-0.2, -0.15) is 0 Å². The van der Waals surface area contributed by atoms with Gasteiger partial charge in [-0.3, -0.25) is 4.99 Å². The third-order valence-corrected chi connectivity index (χ3v) is 5.98. The van der Waals surface area contributed by atoms with E-state index in [4.69, 9.17) is 9.73 Å². The maximum atomic E-state index is 14.1. The summed E-state index contributed by atoms with van der Waals surface area (Å²) in [7, 11) is 1.72. The lowest BCUT2D eigenvalue weighted by Gasteiger charge is -2.21. The lowest BCUT2D eigenvalue weighted by molar-refractivity contribution is 0.404. The van der Waals surface area contributed by atoms with Crippen LogP contribution < -0.4 is 20.3 Å². The predicted octanol–water partition coefficient (Wildman–Crippen LogP) is 3.71. The molecule has 168 valence electrons. The average Bonchev–Trinajstić information content (AvgIpc) is 3.43. The van der Waals surface area contributed by atoms with Gasteiger partial charge in [0.2, 0.25) is 0 Å². The van der Waals surface area contributed by atoms with Crippen LogP contribution in [0.25, 0.3) is 0 Å². The number of benzene rings is 1. The first-order chi connectivity index (χ1) is 14.6. The van der Waals surface area contributed by atoms with Gasteiger partial charge in [-0.05, 0) is 44.4 Å². The van der Waals surface area contributed by atoms with Crippen molar-refractivity contribution in [1.82, 2.24) is 15.6 Å². The normalized spacial score (nSPS) is 19.5. The van der Waals surface area contributed by atoms with Gasteiger partial charge in [-0.25, -0.2) is 9.37 Å². The number of nitrogens with one attached hydrogen (secondary N) is 2. The number of anilines is 1. The lowest BCUT2D eigenvalue weighted by atomic mass is 9.95. The van der Waals surface area contributed by atoms with Gasteiger partial charge in [-0.15, -0.1) is 24.0 Å². The monoisotopic (exact) mass is 539 g/mol. The van der Waals surface area contributed by atoms with Crippen molar-refractivity contribution in [3.05, 3.63) is 54.0 Å². The quantitative estimate of drug-likeness (QED) is 0.319. The Hall–Kier alpha value is -2.10. The van der Waals surface area contributed by atoms with Crippen LogP contribution in [0.15, 0.2) is 47.6 Å². The fourth-order valence-electron chi connectivity index (χ4n) is 4.17. The summed E-state index contributed by atoms with van der Waals surface area (Å²) in [5.74, 6) is 1.90. The first kappa shape index (κ1) is 23.6. The molecular weight excluding hydrogens is 508 g/mol. The molecule has 2 aromatic rings. The van der Waals surface area contributed by atoms with E-state index in [0.29, 0.717) is 18.9 Å². The molecule has 1 unspecified atom stereocenters. The van der Waals surface area contributed by atoms with Gasteiger partial charge in [0.05, 0.1) is 13.7 Å². The molecule has 0 spiro atoms. The van der Waals surface area contributed by atoms with Crippen molar-refractivity contribution in [1.29, 1.82) is 0 Å². The lowest BCUT2D eigenvalue weighted by Crippen LogP contribution is -2.45. The SMILES string of the molecule is CCNC(=NCC1(c2ccccc2OC)CC1)NC1CCN(c2ncccc2F)C1.I. The number of para-hydroxylation sites is 1. The van der Waals surface area contributed by atoms with Crippen molar-refractivity contribution in [2.24, 2.45) is 4.99 Å². The fraction of sp³-hybridized carbons (Fsp3) is 0.478. The van der Waals surface area contributed by atoms with Crippen LogP contribution >= 0.6 is 24.0 Å². The van der Waals surface area contributed by atoms with Crippen LogP contribution in [-0.2, 0) is 5.41 Å². The van der Waals surface area contributed by atoms with Crippen LogP contribution in [0.1, 0.15) is 31.7 Å². The number of guanidine groups is 1. The van der Waals surface area contributed by atoms with Crippen molar-refractivity contribution in [3.63, 3.8) is 0 Å². The molecule has 1 atom stereocenters. The highest BCUT2D eigenvalue weighted by molar-refractivity contribution is 14.0. The zero-order chi connectivity index (χ0) is 21.0. The number of hydrogen-bond acceptors (Lipinski definition) is 4. The van der Waals surface area contributed by atoms with E-state index in [2.05, 4.69) is 34.7 Å². The molecular formula is C23H31FIN5O. The van der Waals surface area contributed by atoms with Crippen LogP contribution in [0, 0.1) is 5.82 Å². The van der Waals surface area contributed by atoms with E-state index in [9.17, 15) is 4.39 Å². The second kappa shape index (κ2) is 10.5. The summed E-state index contributed by atoms with van der Waals surface area (Å²) in [5.41, 5.74) is 1.30. The van der Waals surface area contributed by atoms with Gasteiger partial charge in [0.1, 0.15) is 5.75 Å². The van der Waals surface area contributed by atoms with Gasteiger partial charge in [0, 0.05) is 42.9 Å². The molecule has 0 amide bonds. The summed E-state index contributed by atoms with van der Waals surface area (Å²) < 4.78 is 19.6. The van der Waals surface area contributed by atoms with Crippen molar-refractivity contribution < 1.29 is 9.13 Å². The van der Waals surface area contributed by atoms with E-state index >= 15 is 0 Å². The van der Waals surface area contributed by atoms with Crippen molar-refractivity contribution in [2.45, 2.75) is 37.6 Å². The molecule has 2 fully saturated rings. The number of nitrogens with zero attached hydrogens (tertiary/aromatic N) is 3. The largest absolute Gasteiger partial charge is 0.496 e. The van der Waals surface area contributed by atoms with Crippen LogP contribution in [0.2, 0.25) is 0 Å². The van der Waals surface area contributed by atoms with Crippen LogP contribution in [0.5, 0.6) is 5.75 Å². The minimum absolute atomic E-state index is 0. The van der Waals surface area contributed by atoms with Crippen molar-refractivity contribution >= 4 is 35.8 Å². The average molecular weight is 539 g/mol. The highest BCUT2D eigenvalue weighted by Crippen LogP contribution is 2.51. The number of rotatable bonds is 7. The molecule has 4 rings (SSSR count). The zero-order valence-electron chi connectivity index (χ0n) is 18.1. The summed E-state index contributed by atoms with van der Waals surface area (Å²) in [6, 6.07) is 11.5. The van der Waals surface area contributed by atoms with E-state index in [1.807, 2.05) is 17.0 Å². The highest BCUT2D eigenvalue weighted by Gasteiger charge is 2.46. The molecule has 1 saturated carbocycles. The Labute approximate surface area is 200 Å². The van der Waals surface area contributed by atoms with E-state index in [1.54, 1.807) is 19.4 Å². The Morgan fingerprint density at radius 3 is 2.81 bits per heavy atom. The number of pyridine rings is 1. The molecule has 31 heavy (non-hydrogen) atoms. The molecule has 1 aromatic heterocycles. The second-order valence-corrected chi connectivity index (χ2v) is 8.06. The van der Waals surface area contributed by atoms with Crippen LogP contribution in [0.4, 0.5) is 10.2 Å². The Morgan fingerprint density at radius 2 is 2.10 bits per heavy atom. The zero-order valence-corrected chi connectivity index (χ0v) is 20.4. The summed E-state index contributed by atoms with van der Waals surface area (Å²) >= 11 is 0. The number of aliphatic imine (C=N–C) groups is 1. The molecule has 0 radical (unpaired) electrons. The minimum atomic E-state index is -0.272. The van der Waals surface area contributed by atoms with Gasteiger partial charge in [0.15, 0.2) is 17.6 Å². The summed E-state index contributed by atoms with van der Waals surface area (Å²) in [4.78, 5) is 11.1. The molecule has 1 aromatic carbocycles. The predicted molar refractivity (Wildman–Crippen MR) is 133 cm³/mol. The van der Waals surface area contributed by atoms with Gasteiger partial charge < -0.3 is 20.3 Å². The molecule has 2 N–H and O–H groups in total. The smallest absolute Gasteiger partial charge is 0.191 e. The first-order valence-corrected chi connectivity index (χ1v) is 10.7. The van der Waals surface area contributed by atoms with Crippen molar-refractivity contribution in [2.75, 3.05) is 38.2 Å². The van der Waals surface area contributed by atoms with Gasteiger partial charge in [-0.1, -0.05) is 18.2 Å². The van der Waals surface area contributed by atoms with Crippen LogP contribution in [0.3, 0.4) is 0 Å². The number of ether oxygens (including phenoxy) is 1. The van der Waals surface area contributed by atoms with E-state index in [1.165, 1.54) is 11.6 Å². The standard InChI is InChI=1S/C23H30FN5O.HI/c1-3-25-22(27-16-23(11-12-23)18-7-4-5-9-20(18)30-2)28-17-10-14-29(15-17)21-19(24)8-6-13-26-21;/h4-9,13,17H,3,10-12,14-16H2,1-2H3,(H2,25,27,28);1H. The molecule has 1 saturated heterocycles. The van der Waals surface area contributed by atoms with E-state index < -0.39 is 0 Å². The first-order valence-electron chi connectivity index (χ1n) is 10.7. The molecule has 6 nitrogen and oxygen atoms in total. The summed E-state index contributed by atoms with van der Waals surface area (Å²) in [5, 5.41) is 6.89. The maximum absolute atomic E-state index is 14.1. The van der Waals surface area contributed by atoms with E-state index in [0.717, 1.165) is 44.1 Å². The maximum Gasteiger partial charge on any atom is 0.191 e. The molecule has 2 aliphatic rings. The Morgan fingerprint density at radius 1 is 1.29 bits per heavy atom. The molecule has 1 aliphatic heterocycles. The Kier molecular flexibility index (Phi) is 7.96. The molecule has 8 heteroatoms. The topological polar surface area (TPSA) is 61.8 Å². The molecule has 1 aliphatic carbocycles. The number of halogens is 2.